The molecule has 0 fully saturated rings. The van der Waals surface area contributed by atoms with Gasteiger partial charge in [0, 0.05) is 7.05 Å². The standard InChI is InChI=1S/C10H18NO3PS2/c1-7(2)13-14-15(12,16)11(5)10-9(4)8(3)6-17-10/h6-7H,1-5H3,(H,12,16). The van der Waals surface area contributed by atoms with E-state index in [2.05, 4.69) is 0 Å². The topological polar surface area (TPSA) is 41.9 Å². The first-order valence-corrected chi connectivity index (χ1v) is 8.73. The van der Waals surface area contributed by atoms with Gasteiger partial charge in [-0.15, -0.1) is 11.3 Å². The van der Waals surface area contributed by atoms with Gasteiger partial charge in [-0.2, -0.15) is 4.67 Å². The van der Waals surface area contributed by atoms with Crippen molar-refractivity contribution in [1.29, 1.82) is 0 Å². The van der Waals surface area contributed by atoms with Crippen LogP contribution in [0.2, 0.25) is 0 Å². The molecule has 0 bridgehead atoms. The molecule has 4 nitrogen and oxygen atoms in total. The molecule has 1 atom stereocenters. The summed E-state index contributed by atoms with van der Waals surface area (Å²) < 4.78 is 6.58. The summed E-state index contributed by atoms with van der Waals surface area (Å²) >= 11 is 6.62. The van der Waals surface area contributed by atoms with Crippen LogP contribution in [0, 0.1) is 13.8 Å². The smallest absolute Gasteiger partial charge is 0.317 e. The number of hydrogen-bond donors (Lipinski definition) is 1. The van der Waals surface area contributed by atoms with E-state index < -0.39 is 6.64 Å². The zero-order chi connectivity index (χ0) is 13.2. The highest BCUT2D eigenvalue weighted by Crippen LogP contribution is 2.51. The predicted octanol–water partition coefficient (Wildman–Crippen LogP) is 3.37. The van der Waals surface area contributed by atoms with Gasteiger partial charge in [0.05, 0.1) is 6.10 Å². The molecule has 7 heteroatoms. The molecule has 0 radical (unpaired) electrons. The molecule has 1 aromatic rings. The Morgan fingerprint density at radius 1 is 1.47 bits per heavy atom. The Kier molecular flexibility index (Phi) is 5.13. The number of anilines is 1. The van der Waals surface area contributed by atoms with Crippen molar-refractivity contribution >= 4 is 34.8 Å². The zero-order valence-electron chi connectivity index (χ0n) is 10.6. The Morgan fingerprint density at radius 3 is 2.47 bits per heavy atom. The first-order chi connectivity index (χ1) is 7.75. The van der Waals surface area contributed by atoms with Gasteiger partial charge in [0.15, 0.2) is 0 Å². The molecule has 1 unspecified atom stereocenters. The van der Waals surface area contributed by atoms with Crippen LogP contribution in [0.5, 0.6) is 0 Å². The summed E-state index contributed by atoms with van der Waals surface area (Å²) in [5.41, 5.74) is 2.28. The van der Waals surface area contributed by atoms with Crippen LogP contribution in [0.1, 0.15) is 25.0 Å². The normalized spacial score (nSPS) is 15.0. The van der Waals surface area contributed by atoms with Crippen molar-refractivity contribution in [2.75, 3.05) is 11.7 Å². The average Bonchev–Trinajstić information content (AvgIpc) is 2.56. The molecule has 0 amide bonds. The SMILES string of the molecule is Cc1csc(N(C)P(O)(=S)OOC(C)C)c1C. The fourth-order valence-corrected chi connectivity index (χ4v) is 3.81. The Balaban J connectivity index is 2.85. The lowest BCUT2D eigenvalue weighted by molar-refractivity contribution is -0.234. The number of nitrogens with zero attached hydrogens (tertiary/aromatic N) is 1. The number of thiophene rings is 1. The third-order valence-corrected chi connectivity index (χ3v) is 5.83. The second-order valence-electron chi connectivity index (χ2n) is 4.08. The third-order valence-electron chi connectivity index (χ3n) is 2.27. The summed E-state index contributed by atoms with van der Waals surface area (Å²) in [5.74, 6) is 0. The van der Waals surface area contributed by atoms with E-state index in [1.165, 1.54) is 16.9 Å². The third kappa shape index (κ3) is 3.74. The maximum Gasteiger partial charge on any atom is 0.317 e. The minimum Gasteiger partial charge on any atom is -0.328 e. The highest BCUT2D eigenvalue weighted by molar-refractivity contribution is 8.10. The monoisotopic (exact) mass is 295 g/mol. The molecular weight excluding hydrogens is 277 g/mol. The van der Waals surface area contributed by atoms with Crippen LogP contribution in [0.15, 0.2) is 5.38 Å². The maximum atomic E-state index is 10.1. The van der Waals surface area contributed by atoms with Crippen LogP contribution in [0.3, 0.4) is 0 Å². The van der Waals surface area contributed by atoms with Crippen molar-refractivity contribution in [1.82, 2.24) is 0 Å². The number of rotatable bonds is 5. The van der Waals surface area contributed by atoms with Gasteiger partial charge >= 0.3 is 6.64 Å². The van der Waals surface area contributed by atoms with Crippen molar-refractivity contribution in [2.24, 2.45) is 0 Å². The second-order valence-corrected chi connectivity index (χ2v) is 8.10. The highest BCUT2D eigenvalue weighted by Gasteiger charge is 2.26. The van der Waals surface area contributed by atoms with Gasteiger partial charge in [-0.25, -0.2) is 4.89 Å². The summed E-state index contributed by atoms with van der Waals surface area (Å²) in [6, 6.07) is 0. The highest BCUT2D eigenvalue weighted by atomic mass is 32.5. The predicted molar refractivity (Wildman–Crippen MR) is 76.0 cm³/mol. The van der Waals surface area contributed by atoms with Crippen molar-refractivity contribution in [3.63, 3.8) is 0 Å². The van der Waals surface area contributed by atoms with Gasteiger partial charge in [0.25, 0.3) is 0 Å². The van der Waals surface area contributed by atoms with Crippen LogP contribution >= 0.6 is 18.0 Å². The van der Waals surface area contributed by atoms with Crippen molar-refractivity contribution in [2.45, 2.75) is 33.8 Å². The van der Waals surface area contributed by atoms with E-state index in [9.17, 15) is 4.89 Å². The molecule has 98 valence electrons. The zero-order valence-corrected chi connectivity index (χ0v) is 13.2. The quantitative estimate of drug-likeness (QED) is 0.512. The summed E-state index contributed by atoms with van der Waals surface area (Å²) in [4.78, 5) is 15.1. The van der Waals surface area contributed by atoms with Crippen molar-refractivity contribution in [3.8, 4) is 0 Å². The molecule has 1 heterocycles. The number of aryl methyl sites for hydroxylation is 1. The molecule has 1 N–H and O–H groups in total. The fourth-order valence-electron chi connectivity index (χ4n) is 1.12. The van der Waals surface area contributed by atoms with Gasteiger partial charge in [0.2, 0.25) is 0 Å². The minimum atomic E-state index is -3.12. The lowest BCUT2D eigenvalue weighted by Gasteiger charge is -2.26. The molecule has 1 rings (SSSR count). The van der Waals surface area contributed by atoms with E-state index in [0.29, 0.717) is 0 Å². The van der Waals surface area contributed by atoms with Crippen LogP contribution in [0.25, 0.3) is 0 Å². The first kappa shape index (κ1) is 15.1. The summed E-state index contributed by atoms with van der Waals surface area (Å²) in [5, 5.41) is 2.94. The van der Waals surface area contributed by atoms with Crippen LogP contribution in [0.4, 0.5) is 5.00 Å². The van der Waals surface area contributed by atoms with Crippen LogP contribution in [-0.2, 0) is 21.4 Å². The average molecular weight is 295 g/mol. The van der Waals surface area contributed by atoms with Crippen LogP contribution < -0.4 is 4.67 Å². The van der Waals surface area contributed by atoms with Gasteiger partial charge in [-0.3, -0.25) is 4.67 Å². The van der Waals surface area contributed by atoms with Gasteiger partial charge in [-0.1, -0.05) is 0 Å². The van der Waals surface area contributed by atoms with Crippen molar-refractivity contribution < 1.29 is 14.5 Å². The largest absolute Gasteiger partial charge is 0.328 e. The van der Waals surface area contributed by atoms with E-state index >= 15 is 0 Å². The van der Waals surface area contributed by atoms with E-state index in [0.717, 1.165) is 10.6 Å². The Morgan fingerprint density at radius 2 is 2.06 bits per heavy atom. The Hall–Kier alpha value is 0.0300. The fraction of sp³-hybridized carbons (Fsp3) is 0.600. The van der Waals surface area contributed by atoms with E-state index in [4.69, 9.17) is 21.4 Å². The summed E-state index contributed by atoms with van der Waals surface area (Å²) in [6.07, 6.45) is -0.135. The van der Waals surface area contributed by atoms with Crippen LogP contribution in [-0.4, -0.2) is 18.0 Å². The Bertz CT molecular complexity index is 433. The molecule has 0 aliphatic rings. The van der Waals surface area contributed by atoms with Gasteiger partial charge < -0.3 is 4.89 Å². The first-order valence-electron chi connectivity index (χ1n) is 5.22. The molecular formula is C10H18NO3PS2. The summed E-state index contributed by atoms with van der Waals surface area (Å²) in [6.45, 7) is 4.53. The molecule has 0 aromatic carbocycles. The molecule has 0 saturated heterocycles. The molecule has 0 spiro atoms. The second kappa shape index (κ2) is 5.78. The van der Waals surface area contributed by atoms with Crippen molar-refractivity contribution in [3.05, 3.63) is 16.5 Å². The lowest BCUT2D eigenvalue weighted by atomic mass is 10.2. The van der Waals surface area contributed by atoms with E-state index in [-0.39, 0.29) is 6.10 Å². The Labute approximate surface area is 111 Å². The van der Waals surface area contributed by atoms with E-state index in [1.807, 2.05) is 33.1 Å². The molecule has 0 aliphatic carbocycles. The maximum absolute atomic E-state index is 10.1. The molecule has 0 aliphatic heterocycles. The van der Waals surface area contributed by atoms with E-state index in [1.54, 1.807) is 11.7 Å². The molecule has 1 aromatic heterocycles. The summed E-state index contributed by atoms with van der Waals surface area (Å²) in [7, 11) is 1.72. The van der Waals surface area contributed by atoms with Gasteiger partial charge in [0.1, 0.15) is 5.00 Å². The molecule has 0 saturated carbocycles. The van der Waals surface area contributed by atoms with Gasteiger partial charge in [-0.05, 0) is 56.0 Å². The number of hydrogen-bond acceptors (Lipinski definition) is 4. The molecule has 17 heavy (non-hydrogen) atoms. The minimum absolute atomic E-state index is 0.135. The lowest BCUT2D eigenvalue weighted by Crippen LogP contribution is -2.16.